The summed E-state index contributed by atoms with van der Waals surface area (Å²) in [6.07, 6.45) is 2.00. The molecule has 0 amide bonds. The monoisotopic (exact) mass is 469 g/mol. The SMILES string of the molecule is COc1cc(CNCc2cc3ccc(F)cc3nc2N2CCC[C@@H](CO)C2)cc(OC)c1OC. The predicted molar refractivity (Wildman–Crippen MR) is 130 cm³/mol. The number of methoxy groups -OCH3 is 3. The number of hydrogen-bond donors (Lipinski definition) is 2. The second-order valence-corrected chi connectivity index (χ2v) is 8.58. The molecule has 0 unspecified atom stereocenters. The third kappa shape index (κ3) is 5.18. The Labute approximate surface area is 199 Å². The molecule has 3 aromatic rings. The van der Waals surface area contributed by atoms with Gasteiger partial charge in [-0.2, -0.15) is 0 Å². The number of ether oxygens (including phenoxy) is 3. The molecule has 0 saturated carbocycles. The van der Waals surface area contributed by atoms with Crippen molar-refractivity contribution in [1.82, 2.24) is 10.3 Å². The van der Waals surface area contributed by atoms with Crippen molar-refractivity contribution in [3.05, 3.63) is 53.3 Å². The van der Waals surface area contributed by atoms with Crippen LogP contribution in [0.15, 0.2) is 36.4 Å². The minimum atomic E-state index is -0.300. The summed E-state index contributed by atoms with van der Waals surface area (Å²) >= 11 is 0. The molecule has 0 aliphatic carbocycles. The van der Waals surface area contributed by atoms with Crippen LogP contribution in [-0.4, -0.2) is 51.1 Å². The zero-order valence-electron chi connectivity index (χ0n) is 19.9. The largest absolute Gasteiger partial charge is 0.493 e. The van der Waals surface area contributed by atoms with Crippen molar-refractivity contribution >= 4 is 16.7 Å². The molecule has 2 N–H and O–H groups in total. The number of rotatable bonds is 9. The van der Waals surface area contributed by atoms with E-state index in [1.165, 1.54) is 12.1 Å². The van der Waals surface area contributed by atoms with Crippen LogP contribution in [0.4, 0.5) is 10.2 Å². The first kappa shape index (κ1) is 24.0. The molecule has 1 aliphatic heterocycles. The van der Waals surface area contributed by atoms with Gasteiger partial charge in [-0.25, -0.2) is 9.37 Å². The molecule has 2 aromatic carbocycles. The minimum absolute atomic E-state index is 0.160. The Balaban J connectivity index is 1.59. The second kappa shape index (κ2) is 10.9. The van der Waals surface area contributed by atoms with E-state index in [9.17, 15) is 9.50 Å². The van der Waals surface area contributed by atoms with Crippen molar-refractivity contribution in [2.24, 2.45) is 5.92 Å². The van der Waals surface area contributed by atoms with E-state index in [1.807, 2.05) is 12.1 Å². The van der Waals surface area contributed by atoms with E-state index in [0.717, 1.165) is 48.3 Å². The molecule has 34 heavy (non-hydrogen) atoms. The van der Waals surface area contributed by atoms with Crippen LogP contribution in [0.5, 0.6) is 17.2 Å². The Bertz CT molecular complexity index is 1120. The zero-order chi connectivity index (χ0) is 24.1. The molecule has 8 heteroatoms. The summed E-state index contributed by atoms with van der Waals surface area (Å²) in [6, 6.07) is 10.6. The number of hydrogen-bond acceptors (Lipinski definition) is 7. The van der Waals surface area contributed by atoms with Crippen molar-refractivity contribution in [1.29, 1.82) is 0 Å². The molecule has 7 nitrogen and oxygen atoms in total. The van der Waals surface area contributed by atoms with Gasteiger partial charge in [-0.3, -0.25) is 0 Å². The summed E-state index contributed by atoms with van der Waals surface area (Å²) in [6.45, 7) is 2.92. The lowest BCUT2D eigenvalue weighted by Gasteiger charge is -2.34. The second-order valence-electron chi connectivity index (χ2n) is 8.58. The number of nitrogens with zero attached hydrogens (tertiary/aromatic N) is 2. The molecule has 2 heterocycles. The third-order valence-corrected chi connectivity index (χ3v) is 6.28. The summed E-state index contributed by atoms with van der Waals surface area (Å²) in [7, 11) is 4.78. The van der Waals surface area contributed by atoms with E-state index < -0.39 is 0 Å². The maximum Gasteiger partial charge on any atom is 0.203 e. The van der Waals surface area contributed by atoms with E-state index in [2.05, 4.69) is 16.3 Å². The maximum atomic E-state index is 13.9. The third-order valence-electron chi connectivity index (χ3n) is 6.28. The molecule has 0 radical (unpaired) electrons. The van der Waals surface area contributed by atoms with E-state index >= 15 is 0 Å². The standard InChI is InChI=1S/C26H32FN3O4/c1-32-23-9-18(10-24(33-2)25(23)34-3)13-28-14-20-11-19-6-7-21(27)12-22(19)29-26(20)30-8-4-5-17(15-30)16-31/h6-7,9-12,17,28,31H,4-5,8,13-16H2,1-3H3/t17-/m1/s1. The van der Waals surface area contributed by atoms with E-state index in [-0.39, 0.29) is 18.3 Å². The maximum absolute atomic E-state index is 13.9. The van der Waals surface area contributed by atoms with E-state index in [4.69, 9.17) is 19.2 Å². The minimum Gasteiger partial charge on any atom is -0.493 e. The van der Waals surface area contributed by atoms with Gasteiger partial charge in [0.1, 0.15) is 11.6 Å². The van der Waals surface area contributed by atoms with E-state index in [0.29, 0.717) is 35.9 Å². The molecule has 1 fully saturated rings. The number of anilines is 1. The fraction of sp³-hybridized carbons (Fsp3) is 0.423. The quantitative estimate of drug-likeness (QED) is 0.492. The van der Waals surface area contributed by atoms with Crippen molar-refractivity contribution < 1.29 is 23.7 Å². The van der Waals surface area contributed by atoms with Gasteiger partial charge < -0.3 is 29.5 Å². The van der Waals surface area contributed by atoms with Crippen LogP contribution in [0.1, 0.15) is 24.0 Å². The van der Waals surface area contributed by atoms with Gasteiger partial charge in [-0.05, 0) is 54.7 Å². The van der Waals surface area contributed by atoms with Crippen LogP contribution < -0.4 is 24.4 Å². The highest BCUT2D eigenvalue weighted by molar-refractivity contribution is 5.82. The molecule has 182 valence electrons. The average Bonchev–Trinajstić information content (AvgIpc) is 2.87. The molecular formula is C26H32FN3O4. The van der Waals surface area contributed by atoms with Crippen LogP contribution in [0.25, 0.3) is 10.9 Å². The van der Waals surface area contributed by atoms with Gasteiger partial charge in [-0.1, -0.05) is 0 Å². The first-order valence-electron chi connectivity index (χ1n) is 11.5. The van der Waals surface area contributed by atoms with Gasteiger partial charge in [0.2, 0.25) is 5.75 Å². The fourth-order valence-corrected chi connectivity index (χ4v) is 4.56. The highest BCUT2D eigenvalue weighted by Crippen LogP contribution is 2.38. The van der Waals surface area contributed by atoms with Crippen molar-refractivity contribution in [2.75, 3.05) is 45.9 Å². The first-order chi connectivity index (χ1) is 16.6. The Morgan fingerprint density at radius 1 is 1.06 bits per heavy atom. The fourth-order valence-electron chi connectivity index (χ4n) is 4.56. The smallest absolute Gasteiger partial charge is 0.203 e. The predicted octanol–water partition coefficient (Wildman–Crippen LogP) is 3.90. The summed E-state index contributed by atoms with van der Waals surface area (Å²) < 4.78 is 30.2. The van der Waals surface area contributed by atoms with Crippen LogP contribution in [0.2, 0.25) is 0 Å². The number of piperidine rings is 1. The van der Waals surface area contributed by atoms with Crippen LogP contribution >= 0.6 is 0 Å². The lowest BCUT2D eigenvalue weighted by Crippen LogP contribution is -2.38. The Kier molecular flexibility index (Phi) is 7.70. The van der Waals surface area contributed by atoms with Gasteiger partial charge in [0.15, 0.2) is 11.5 Å². The van der Waals surface area contributed by atoms with Crippen molar-refractivity contribution in [3.63, 3.8) is 0 Å². The summed E-state index contributed by atoms with van der Waals surface area (Å²) in [5, 5.41) is 14.1. The first-order valence-corrected chi connectivity index (χ1v) is 11.5. The van der Waals surface area contributed by atoms with Crippen molar-refractivity contribution in [2.45, 2.75) is 25.9 Å². The topological polar surface area (TPSA) is 76.1 Å². The lowest BCUT2D eigenvalue weighted by atomic mass is 9.98. The number of fused-ring (bicyclic) bond motifs is 1. The van der Waals surface area contributed by atoms with Crippen molar-refractivity contribution in [3.8, 4) is 17.2 Å². The molecule has 0 bridgehead atoms. The summed E-state index contributed by atoms with van der Waals surface area (Å²) in [5.41, 5.74) is 2.66. The highest BCUT2D eigenvalue weighted by Gasteiger charge is 2.23. The Hall–Kier alpha value is -3.10. The molecule has 1 saturated heterocycles. The summed E-state index contributed by atoms with van der Waals surface area (Å²) in [5.74, 6) is 2.54. The van der Waals surface area contributed by atoms with Gasteiger partial charge in [0, 0.05) is 49.8 Å². The number of nitrogens with one attached hydrogen (secondary N) is 1. The number of aliphatic hydroxyl groups is 1. The van der Waals surface area contributed by atoms with Gasteiger partial charge in [0.25, 0.3) is 0 Å². The van der Waals surface area contributed by atoms with E-state index in [1.54, 1.807) is 27.4 Å². The highest BCUT2D eigenvalue weighted by atomic mass is 19.1. The number of pyridine rings is 1. The average molecular weight is 470 g/mol. The normalized spacial score (nSPS) is 16.0. The summed E-state index contributed by atoms with van der Waals surface area (Å²) in [4.78, 5) is 7.05. The number of benzene rings is 2. The lowest BCUT2D eigenvalue weighted by molar-refractivity contribution is 0.208. The molecular weight excluding hydrogens is 437 g/mol. The molecule has 0 spiro atoms. The van der Waals surface area contributed by atoms with Crippen LogP contribution in [0, 0.1) is 11.7 Å². The van der Waals surface area contributed by atoms with Gasteiger partial charge in [-0.15, -0.1) is 0 Å². The number of aromatic nitrogens is 1. The molecule has 4 rings (SSSR count). The molecule has 1 aliphatic rings. The number of halogens is 1. The van der Waals surface area contributed by atoms with Crippen LogP contribution in [0.3, 0.4) is 0 Å². The zero-order valence-corrected chi connectivity index (χ0v) is 19.9. The molecule has 1 atom stereocenters. The van der Waals surface area contributed by atoms with Gasteiger partial charge in [0.05, 0.1) is 26.8 Å². The Morgan fingerprint density at radius 3 is 2.50 bits per heavy atom. The molecule has 1 aromatic heterocycles. The van der Waals surface area contributed by atoms with Gasteiger partial charge >= 0.3 is 0 Å². The Morgan fingerprint density at radius 2 is 1.82 bits per heavy atom. The van der Waals surface area contributed by atoms with Crippen LogP contribution in [-0.2, 0) is 13.1 Å². The number of aliphatic hydroxyl groups excluding tert-OH is 1.